The number of aryl methyl sites for hydroxylation is 2. The van der Waals surface area contributed by atoms with Crippen molar-refractivity contribution in [2.45, 2.75) is 34.6 Å². The fraction of sp³-hybridized carbons (Fsp3) is 0.240. The molecule has 1 aromatic heterocycles. The first-order chi connectivity index (χ1) is 14.1. The van der Waals surface area contributed by atoms with Gasteiger partial charge in [0.2, 0.25) is 0 Å². The molecule has 0 N–H and O–H groups in total. The third kappa shape index (κ3) is 4.19. The standard InChI is InChI=1S/C25H24N2O2S/c1-16-11-12-17(2)18(13-16)14-21-23(29)27(19-9-7-6-8-10-19)24(30-21)20(15-26)22(28)25(3,4)5/h6-14H,1-5H3/b21-14-,24-20-. The van der Waals surface area contributed by atoms with Gasteiger partial charge in [0, 0.05) is 5.41 Å². The van der Waals surface area contributed by atoms with Crippen LogP contribution >= 0.6 is 11.3 Å². The van der Waals surface area contributed by atoms with E-state index in [4.69, 9.17) is 0 Å². The SMILES string of the molecule is Cc1ccc(C)c(/C=c2\s/c(=C(/C#N)C(=O)C(C)(C)C)n(-c3ccccc3)c2=O)c1. The van der Waals surface area contributed by atoms with Crippen LogP contribution < -0.4 is 14.8 Å². The number of thiazole rings is 1. The van der Waals surface area contributed by atoms with Crippen LogP contribution in [0.5, 0.6) is 0 Å². The molecule has 30 heavy (non-hydrogen) atoms. The second kappa shape index (κ2) is 8.25. The van der Waals surface area contributed by atoms with E-state index in [1.807, 2.05) is 56.3 Å². The molecule has 0 unspecified atom stereocenters. The van der Waals surface area contributed by atoms with Gasteiger partial charge in [-0.2, -0.15) is 5.26 Å². The number of nitriles is 1. The summed E-state index contributed by atoms with van der Waals surface area (Å²) in [5.41, 5.74) is 2.76. The number of ketones is 1. The summed E-state index contributed by atoms with van der Waals surface area (Å²) in [7, 11) is 0. The molecule has 0 amide bonds. The van der Waals surface area contributed by atoms with Crippen molar-refractivity contribution in [3.8, 4) is 11.8 Å². The second-order valence-electron chi connectivity index (χ2n) is 8.32. The number of carbonyl (C=O) groups excluding carboxylic acids is 1. The molecule has 0 radical (unpaired) electrons. The molecule has 0 aliphatic heterocycles. The van der Waals surface area contributed by atoms with Gasteiger partial charge >= 0.3 is 0 Å². The van der Waals surface area contributed by atoms with Gasteiger partial charge in [-0.05, 0) is 43.2 Å². The Kier molecular flexibility index (Phi) is 5.91. The summed E-state index contributed by atoms with van der Waals surface area (Å²) in [6.45, 7) is 9.31. The van der Waals surface area contributed by atoms with E-state index in [1.54, 1.807) is 32.9 Å². The highest BCUT2D eigenvalue weighted by atomic mass is 32.1. The van der Waals surface area contributed by atoms with E-state index >= 15 is 0 Å². The monoisotopic (exact) mass is 416 g/mol. The molecule has 3 aromatic rings. The fourth-order valence-corrected chi connectivity index (χ4v) is 4.18. The number of Topliss-reactive ketones (excluding diaryl/α,β-unsaturated/α-hetero) is 1. The van der Waals surface area contributed by atoms with E-state index in [2.05, 4.69) is 6.07 Å². The quantitative estimate of drug-likeness (QED) is 0.655. The number of hydrogen-bond donors (Lipinski definition) is 0. The lowest BCUT2D eigenvalue weighted by Crippen LogP contribution is -2.33. The van der Waals surface area contributed by atoms with Crippen LogP contribution in [0.4, 0.5) is 0 Å². The summed E-state index contributed by atoms with van der Waals surface area (Å²) in [4.78, 5) is 26.4. The zero-order valence-electron chi connectivity index (χ0n) is 17.8. The zero-order chi connectivity index (χ0) is 22.1. The van der Waals surface area contributed by atoms with E-state index in [1.165, 1.54) is 15.9 Å². The highest BCUT2D eigenvalue weighted by Crippen LogP contribution is 2.20. The largest absolute Gasteiger partial charge is 0.293 e. The van der Waals surface area contributed by atoms with Crippen molar-refractivity contribution < 1.29 is 4.79 Å². The summed E-state index contributed by atoms with van der Waals surface area (Å²) in [6, 6.07) is 17.2. The maximum absolute atomic E-state index is 13.4. The van der Waals surface area contributed by atoms with E-state index in [0.717, 1.165) is 16.7 Å². The fourth-order valence-electron chi connectivity index (χ4n) is 3.09. The molecule has 0 aliphatic carbocycles. The Morgan fingerprint density at radius 1 is 1.10 bits per heavy atom. The Bertz CT molecular complexity index is 1330. The lowest BCUT2D eigenvalue weighted by molar-refractivity contribution is -0.120. The summed E-state index contributed by atoms with van der Waals surface area (Å²) in [5, 5.41) is 9.83. The number of rotatable bonds is 3. The molecule has 2 aromatic carbocycles. The zero-order valence-corrected chi connectivity index (χ0v) is 18.6. The molecule has 3 rings (SSSR count). The van der Waals surface area contributed by atoms with Crippen LogP contribution in [0.1, 0.15) is 37.5 Å². The minimum atomic E-state index is -0.733. The molecule has 0 fully saturated rings. The number of hydrogen-bond acceptors (Lipinski definition) is 4. The van der Waals surface area contributed by atoms with Crippen LogP contribution in [-0.2, 0) is 4.79 Å². The second-order valence-corrected chi connectivity index (χ2v) is 9.35. The van der Waals surface area contributed by atoms with Gasteiger partial charge in [0.25, 0.3) is 5.56 Å². The average Bonchev–Trinajstić information content (AvgIpc) is 3.01. The van der Waals surface area contributed by atoms with Crippen molar-refractivity contribution in [2.24, 2.45) is 5.41 Å². The number of benzene rings is 2. The first kappa shape index (κ1) is 21.5. The molecule has 152 valence electrons. The normalized spacial score (nSPS) is 13.1. The van der Waals surface area contributed by atoms with Gasteiger partial charge in [-0.25, -0.2) is 0 Å². The molecule has 0 bridgehead atoms. The van der Waals surface area contributed by atoms with E-state index in [0.29, 0.717) is 14.9 Å². The Labute approximate surface area is 180 Å². The summed E-state index contributed by atoms with van der Waals surface area (Å²) in [6.07, 6.45) is 1.84. The molecule has 0 aliphatic rings. The summed E-state index contributed by atoms with van der Waals surface area (Å²) < 4.78 is 2.33. The van der Waals surface area contributed by atoms with Gasteiger partial charge in [-0.3, -0.25) is 14.2 Å². The first-order valence-electron chi connectivity index (χ1n) is 9.69. The lowest BCUT2D eigenvalue weighted by atomic mass is 9.87. The maximum Gasteiger partial charge on any atom is 0.273 e. The number of para-hydroxylation sites is 1. The van der Waals surface area contributed by atoms with Crippen LogP contribution in [0.3, 0.4) is 0 Å². The van der Waals surface area contributed by atoms with Crippen molar-refractivity contribution in [3.63, 3.8) is 0 Å². The van der Waals surface area contributed by atoms with Crippen molar-refractivity contribution >= 4 is 28.8 Å². The summed E-state index contributed by atoms with van der Waals surface area (Å²) >= 11 is 1.18. The number of nitrogens with zero attached hydrogens (tertiary/aromatic N) is 2. The Morgan fingerprint density at radius 2 is 1.77 bits per heavy atom. The molecular weight excluding hydrogens is 392 g/mol. The van der Waals surface area contributed by atoms with Gasteiger partial charge in [0.15, 0.2) is 5.78 Å². The Hall–Kier alpha value is -3.23. The molecule has 4 nitrogen and oxygen atoms in total. The maximum atomic E-state index is 13.4. The smallest absolute Gasteiger partial charge is 0.273 e. The van der Waals surface area contributed by atoms with Crippen LogP contribution in [-0.4, -0.2) is 10.4 Å². The van der Waals surface area contributed by atoms with Gasteiger partial charge in [0.05, 0.1) is 10.2 Å². The predicted molar refractivity (Wildman–Crippen MR) is 122 cm³/mol. The first-order valence-corrected chi connectivity index (χ1v) is 10.5. The molecular formula is C25H24N2O2S. The van der Waals surface area contributed by atoms with Gasteiger partial charge in [0.1, 0.15) is 16.3 Å². The third-order valence-electron chi connectivity index (χ3n) is 4.79. The minimum absolute atomic E-state index is 0.00840. The third-order valence-corrected chi connectivity index (χ3v) is 5.89. The molecule has 0 atom stereocenters. The van der Waals surface area contributed by atoms with E-state index in [9.17, 15) is 14.9 Å². The van der Waals surface area contributed by atoms with Gasteiger partial charge in [-0.15, -0.1) is 11.3 Å². The van der Waals surface area contributed by atoms with E-state index < -0.39 is 5.41 Å². The number of carbonyl (C=O) groups is 1. The van der Waals surface area contributed by atoms with Crippen molar-refractivity contribution in [2.75, 3.05) is 0 Å². The van der Waals surface area contributed by atoms with Gasteiger partial charge < -0.3 is 0 Å². The Balaban J connectivity index is 2.46. The lowest BCUT2D eigenvalue weighted by Gasteiger charge is -2.15. The molecule has 1 heterocycles. The van der Waals surface area contributed by atoms with Gasteiger partial charge in [-0.1, -0.05) is 62.7 Å². The van der Waals surface area contributed by atoms with Crippen LogP contribution in [0.15, 0.2) is 53.3 Å². The van der Waals surface area contributed by atoms with Crippen LogP contribution in [0, 0.1) is 30.6 Å². The minimum Gasteiger partial charge on any atom is -0.293 e. The molecule has 0 saturated heterocycles. The molecule has 0 spiro atoms. The molecule has 5 heteroatoms. The van der Waals surface area contributed by atoms with Crippen molar-refractivity contribution in [3.05, 3.63) is 84.8 Å². The van der Waals surface area contributed by atoms with Crippen LogP contribution in [0.25, 0.3) is 17.3 Å². The average molecular weight is 417 g/mol. The van der Waals surface area contributed by atoms with Crippen LogP contribution in [0.2, 0.25) is 0 Å². The predicted octanol–water partition coefficient (Wildman–Crippen LogP) is 3.63. The van der Waals surface area contributed by atoms with Crippen molar-refractivity contribution in [1.29, 1.82) is 5.26 Å². The molecule has 0 saturated carbocycles. The number of aromatic nitrogens is 1. The van der Waals surface area contributed by atoms with E-state index in [-0.39, 0.29) is 16.9 Å². The highest BCUT2D eigenvalue weighted by Gasteiger charge is 2.27. The Morgan fingerprint density at radius 3 is 2.37 bits per heavy atom. The highest BCUT2D eigenvalue weighted by molar-refractivity contribution is 7.07. The topological polar surface area (TPSA) is 62.9 Å². The summed E-state index contributed by atoms with van der Waals surface area (Å²) in [5.74, 6) is -0.283. The van der Waals surface area contributed by atoms with Crippen molar-refractivity contribution in [1.82, 2.24) is 4.57 Å².